The van der Waals surface area contributed by atoms with E-state index < -0.39 is 0 Å². The molecule has 1 aromatic rings. The lowest BCUT2D eigenvalue weighted by molar-refractivity contribution is -0.108. The van der Waals surface area contributed by atoms with Crippen LogP contribution >= 0.6 is 0 Å². The number of nitrogens with zero attached hydrogens (tertiary/aromatic N) is 2. The third-order valence-electron chi connectivity index (χ3n) is 3.50. The van der Waals surface area contributed by atoms with Crippen LogP contribution in [-0.4, -0.2) is 25.1 Å². The first-order valence-corrected chi connectivity index (χ1v) is 7.71. The Hall–Kier alpha value is -2.76. The van der Waals surface area contributed by atoms with Gasteiger partial charge < -0.3 is 10.1 Å². The molecule has 1 aromatic carbocycles. The van der Waals surface area contributed by atoms with Crippen LogP contribution in [0.25, 0.3) is 5.57 Å². The van der Waals surface area contributed by atoms with Crippen LogP contribution in [0.3, 0.4) is 0 Å². The highest BCUT2D eigenvalue weighted by atomic mass is 19.1. The maximum atomic E-state index is 13.1. The van der Waals surface area contributed by atoms with E-state index in [1.807, 2.05) is 6.92 Å². The zero-order valence-corrected chi connectivity index (χ0v) is 13.8. The molecule has 24 heavy (non-hydrogen) atoms. The first-order chi connectivity index (χ1) is 11.7. The molecule has 6 heteroatoms. The molecule has 126 valence electrons. The van der Waals surface area contributed by atoms with Crippen molar-refractivity contribution in [3.63, 3.8) is 0 Å². The lowest BCUT2D eigenvalue weighted by Gasteiger charge is -2.18. The molecule has 2 rings (SSSR count). The van der Waals surface area contributed by atoms with Gasteiger partial charge in [-0.05, 0) is 44.4 Å². The van der Waals surface area contributed by atoms with E-state index >= 15 is 0 Å². The molecule has 0 atom stereocenters. The van der Waals surface area contributed by atoms with E-state index in [2.05, 4.69) is 15.3 Å². The molecule has 1 aliphatic rings. The molecule has 1 aliphatic heterocycles. The molecule has 1 heterocycles. The molecule has 0 spiro atoms. The van der Waals surface area contributed by atoms with Gasteiger partial charge in [-0.3, -0.25) is 4.79 Å². The van der Waals surface area contributed by atoms with Crippen molar-refractivity contribution < 1.29 is 13.9 Å². The minimum absolute atomic E-state index is 0.292. The van der Waals surface area contributed by atoms with Gasteiger partial charge in [0.25, 0.3) is 0 Å². The van der Waals surface area contributed by atoms with Crippen LogP contribution in [0.15, 0.2) is 51.8 Å². The van der Waals surface area contributed by atoms with E-state index in [-0.39, 0.29) is 5.82 Å². The summed E-state index contributed by atoms with van der Waals surface area (Å²) in [5, 5.41) is 2.52. The quantitative estimate of drug-likeness (QED) is 0.664. The van der Waals surface area contributed by atoms with Gasteiger partial charge in [-0.25, -0.2) is 9.38 Å². The summed E-state index contributed by atoms with van der Waals surface area (Å²) in [4.78, 5) is 19.3. The van der Waals surface area contributed by atoms with Crippen LogP contribution in [0.2, 0.25) is 0 Å². The molecule has 1 amide bonds. The van der Waals surface area contributed by atoms with Crippen molar-refractivity contribution in [1.82, 2.24) is 5.32 Å². The molecule has 0 aliphatic carbocycles. The van der Waals surface area contributed by atoms with Gasteiger partial charge in [-0.1, -0.05) is 12.1 Å². The molecule has 0 saturated carbocycles. The number of hydrogen-bond donors (Lipinski definition) is 1. The zero-order chi connectivity index (χ0) is 17.4. The summed E-state index contributed by atoms with van der Waals surface area (Å²) >= 11 is 0. The number of ether oxygens (including phenoxy) is 1. The van der Waals surface area contributed by atoms with Gasteiger partial charge in [0.1, 0.15) is 5.82 Å². The van der Waals surface area contributed by atoms with Crippen molar-refractivity contribution in [3.8, 4) is 0 Å². The van der Waals surface area contributed by atoms with Crippen molar-refractivity contribution in [2.45, 2.75) is 26.7 Å². The highest BCUT2D eigenvalue weighted by Crippen LogP contribution is 2.23. The fourth-order valence-corrected chi connectivity index (χ4v) is 2.26. The van der Waals surface area contributed by atoms with Gasteiger partial charge in [0.2, 0.25) is 12.3 Å². The predicted octanol–water partition coefficient (Wildman–Crippen LogP) is 3.44. The predicted molar refractivity (Wildman–Crippen MR) is 93.1 cm³/mol. The standard InChI is InChI=1S/C18H20FN3O2/c1-3-21-17(13(2)14-6-8-16(19)9-7-14)22-18-15(11-20-12-23)5-4-10-24-18/h3,6-9,11-12H,4-5,10H2,1-2H3,(H,20,23)/b15-11-,17-13-,21-3-,22-18+. The Labute approximate surface area is 140 Å². The van der Waals surface area contributed by atoms with Crippen molar-refractivity contribution in [2.75, 3.05) is 6.61 Å². The van der Waals surface area contributed by atoms with Gasteiger partial charge in [0, 0.05) is 23.6 Å². The van der Waals surface area contributed by atoms with Crippen LogP contribution in [0.4, 0.5) is 4.39 Å². The molecule has 1 fully saturated rings. The van der Waals surface area contributed by atoms with E-state index in [0.717, 1.165) is 29.6 Å². The van der Waals surface area contributed by atoms with Crippen molar-refractivity contribution in [3.05, 3.63) is 53.2 Å². The lowest BCUT2D eigenvalue weighted by Crippen LogP contribution is -2.18. The average molecular weight is 329 g/mol. The van der Waals surface area contributed by atoms with E-state index in [1.54, 1.807) is 31.5 Å². The Morgan fingerprint density at radius 2 is 2.08 bits per heavy atom. The largest absolute Gasteiger partial charge is 0.477 e. The van der Waals surface area contributed by atoms with E-state index in [9.17, 15) is 9.18 Å². The maximum Gasteiger partial charge on any atom is 0.220 e. The van der Waals surface area contributed by atoms with Crippen LogP contribution in [0.5, 0.6) is 0 Å². The summed E-state index contributed by atoms with van der Waals surface area (Å²) in [5.41, 5.74) is 2.44. The van der Waals surface area contributed by atoms with Crippen LogP contribution in [0.1, 0.15) is 32.3 Å². The number of rotatable bonds is 5. The van der Waals surface area contributed by atoms with Crippen LogP contribution in [-0.2, 0) is 9.53 Å². The van der Waals surface area contributed by atoms with E-state index in [4.69, 9.17) is 4.74 Å². The smallest absolute Gasteiger partial charge is 0.220 e. The number of nitrogens with one attached hydrogen (secondary N) is 1. The molecule has 1 saturated heterocycles. The van der Waals surface area contributed by atoms with Crippen molar-refractivity contribution in [1.29, 1.82) is 0 Å². The second-order valence-electron chi connectivity index (χ2n) is 5.17. The first-order valence-electron chi connectivity index (χ1n) is 7.71. The number of amides is 1. The summed E-state index contributed by atoms with van der Waals surface area (Å²) in [5.74, 6) is 0.634. The highest BCUT2D eigenvalue weighted by molar-refractivity contribution is 5.95. The summed E-state index contributed by atoms with van der Waals surface area (Å²) in [7, 11) is 0. The molecule has 1 N–H and O–H groups in total. The van der Waals surface area contributed by atoms with Gasteiger partial charge in [-0.2, -0.15) is 4.99 Å². The Bertz CT molecular complexity index is 703. The second-order valence-corrected chi connectivity index (χ2v) is 5.17. The molecule has 0 bridgehead atoms. The molecule has 0 radical (unpaired) electrons. The minimum atomic E-state index is -0.292. The molecule has 5 nitrogen and oxygen atoms in total. The average Bonchev–Trinajstić information content (AvgIpc) is 2.60. The molecule has 0 unspecified atom stereocenters. The number of carbonyl (C=O) groups is 1. The van der Waals surface area contributed by atoms with Crippen LogP contribution in [0, 0.1) is 5.82 Å². The Morgan fingerprint density at radius 1 is 1.33 bits per heavy atom. The van der Waals surface area contributed by atoms with E-state index in [0.29, 0.717) is 24.7 Å². The summed E-state index contributed by atoms with van der Waals surface area (Å²) in [6.45, 7) is 4.23. The van der Waals surface area contributed by atoms with Gasteiger partial charge >= 0.3 is 0 Å². The lowest BCUT2D eigenvalue weighted by atomic mass is 10.1. The zero-order valence-electron chi connectivity index (χ0n) is 13.8. The van der Waals surface area contributed by atoms with Crippen molar-refractivity contribution >= 4 is 24.1 Å². The number of allylic oxidation sites excluding steroid dienone is 1. The minimum Gasteiger partial charge on any atom is -0.477 e. The van der Waals surface area contributed by atoms with Crippen LogP contribution < -0.4 is 5.32 Å². The normalized spacial score (nSPS) is 19.3. The third kappa shape index (κ3) is 4.62. The Balaban J connectivity index is 2.43. The first kappa shape index (κ1) is 17.6. The SMILES string of the molecule is C\C=N/C(/N=C1/OCCC/C1=C/NC=O)=C(\C)c1ccc(F)cc1. The molecular formula is C18H20FN3O2. The second kappa shape index (κ2) is 8.76. The van der Waals surface area contributed by atoms with Gasteiger partial charge in [0.05, 0.1) is 6.61 Å². The molecular weight excluding hydrogens is 309 g/mol. The van der Waals surface area contributed by atoms with Gasteiger partial charge in [0.15, 0.2) is 5.82 Å². The Kier molecular flexibility index (Phi) is 6.42. The fourth-order valence-electron chi connectivity index (χ4n) is 2.26. The summed E-state index contributed by atoms with van der Waals surface area (Å²) < 4.78 is 18.7. The summed E-state index contributed by atoms with van der Waals surface area (Å²) in [6.07, 6.45) is 5.45. The summed E-state index contributed by atoms with van der Waals surface area (Å²) in [6, 6.07) is 6.16. The maximum absolute atomic E-state index is 13.1. The number of benzene rings is 1. The molecule has 0 aromatic heterocycles. The monoisotopic (exact) mass is 329 g/mol. The van der Waals surface area contributed by atoms with Crippen molar-refractivity contribution in [2.24, 2.45) is 9.98 Å². The highest BCUT2D eigenvalue weighted by Gasteiger charge is 2.16. The van der Waals surface area contributed by atoms with Gasteiger partial charge in [-0.15, -0.1) is 0 Å². The topological polar surface area (TPSA) is 63.1 Å². The third-order valence-corrected chi connectivity index (χ3v) is 3.50. The number of halogens is 1. The fraction of sp³-hybridized carbons (Fsp3) is 0.278. The number of aliphatic imine (C=N–C) groups is 2. The number of hydrogen-bond acceptors (Lipinski definition) is 4. The Morgan fingerprint density at radius 3 is 2.75 bits per heavy atom. The number of carbonyl (C=O) groups excluding carboxylic acids is 1. The van der Waals surface area contributed by atoms with E-state index in [1.165, 1.54) is 12.1 Å².